The number of carboxylic acid groups (broad SMARTS) is 1. The zero-order valence-electron chi connectivity index (χ0n) is 7.73. The lowest BCUT2D eigenvalue weighted by atomic mass is 9.78. The number of aliphatic hydroxyl groups excluding tert-OH is 2. The number of hydrogen-bond donors (Lipinski definition) is 4. The van der Waals surface area contributed by atoms with Gasteiger partial charge < -0.3 is 21.1 Å². The maximum absolute atomic E-state index is 10.9. The van der Waals surface area contributed by atoms with Crippen LogP contribution < -0.4 is 5.73 Å². The van der Waals surface area contributed by atoms with Gasteiger partial charge in [-0.2, -0.15) is 0 Å². The molecule has 13 heavy (non-hydrogen) atoms. The van der Waals surface area contributed by atoms with Crippen molar-refractivity contribution in [2.75, 3.05) is 13.2 Å². The van der Waals surface area contributed by atoms with Gasteiger partial charge in [0, 0.05) is 19.3 Å². The minimum absolute atomic E-state index is 0.101. The zero-order valence-corrected chi connectivity index (χ0v) is 7.73. The highest BCUT2D eigenvalue weighted by Gasteiger charge is 2.38. The molecule has 5 N–H and O–H groups in total. The second kappa shape index (κ2) is 5.16. The highest BCUT2D eigenvalue weighted by Crippen LogP contribution is 2.26. The van der Waals surface area contributed by atoms with Crippen LogP contribution in [0.5, 0.6) is 0 Å². The minimum Gasteiger partial charge on any atom is -0.481 e. The summed E-state index contributed by atoms with van der Waals surface area (Å²) in [6.45, 7) is 1.11. The van der Waals surface area contributed by atoms with Gasteiger partial charge in [-0.05, 0) is 19.8 Å². The number of aliphatic carboxylic acids is 1. The number of aliphatic hydroxyl groups is 2. The SMILES string of the molecule is CC(CCO)(C(=O)O)C(N)CCO. The van der Waals surface area contributed by atoms with Gasteiger partial charge in [0.1, 0.15) is 0 Å². The van der Waals surface area contributed by atoms with E-state index < -0.39 is 17.4 Å². The van der Waals surface area contributed by atoms with E-state index in [0.29, 0.717) is 0 Å². The van der Waals surface area contributed by atoms with E-state index in [0.717, 1.165) is 0 Å². The van der Waals surface area contributed by atoms with E-state index in [4.69, 9.17) is 21.1 Å². The summed E-state index contributed by atoms with van der Waals surface area (Å²) >= 11 is 0. The van der Waals surface area contributed by atoms with Crippen molar-refractivity contribution >= 4 is 5.97 Å². The average Bonchev–Trinajstić information content (AvgIpc) is 2.04. The summed E-state index contributed by atoms with van der Waals surface area (Å²) in [5, 5.41) is 26.2. The van der Waals surface area contributed by atoms with E-state index in [2.05, 4.69) is 0 Å². The topological polar surface area (TPSA) is 104 Å². The molecule has 2 atom stereocenters. The van der Waals surface area contributed by atoms with Gasteiger partial charge in [0.2, 0.25) is 0 Å². The van der Waals surface area contributed by atoms with Gasteiger partial charge in [0.25, 0.3) is 0 Å². The molecule has 0 aromatic rings. The third kappa shape index (κ3) is 2.95. The monoisotopic (exact) mass is 191 g/mol. The molecule has 2 unspecified atom stereocenters. The molecule has 0 saturated carbocycles. The van der Waals surface area contributed by atoms with Crippen LogP contribution in [0.15, 0.2) is 0 Å². The minimum atomic E-state index is -1.16. The van der Waals surface area contributed by atoms with Crippen LogP contribution >= 0.6 is 0 Å². The maximum atomic E-state index is 10.9. The van der Waals surface area contributed by atoms with Crippen LogP contribution in [0.4, 0.5) is 0 Å². The van der Waals surface area contributed by atoms with Gasteiger partial charge in [0.05, 0.1) is 5.41 Å². The Morgan fingerprint density at radius 2 is 2.00 bits per heavy atom. The Labute approximate surface area is 77.2 Å². The van der Waals surface area contributed by atoms with Crippen LogP contribution in [0.3, 0.4) is 0 Å². The third-order valence-corrected chi connectivity index (χ3v) is 2.38. The second-order valence-electron chi connectivity index (χ2n) is 3.32. The molecule has 5 nitrogen and oxygen atoms in total. The Balaban J connectivity index is 4.47. The molecule has 0 spiro atoms. The fourth-order valence-corrected chi connectivity index (χ4v) is 1.14. The molecule has 78 valence electrons. The molecule has 0 aromatic heterocycles. The first kappa shape index (κ1) is 12.3. The molecule has 5 heteroatoms. The number of carbonyl (C=O) groups is 1. The highest BCUT2D eigenvalue weighted by atomic mass is 16.4. The summed E-state index contributed by atoms with van der Waals surface area (Å²) in [6.07, 6.45) is 0.326. The molecule has 0 rings (SSSR count). The number of carboxylic acids is 1. The molecule has 0 saturated heterocycles. The van der Waals surface area contributed by atoms with E-state index in [9.17, 15) is 4.79 Å². The maximum Gasteiger partial charge on any atom is 0.311 e. The van der Waals surface area contributed by atoms with Crippen molar-refractivity contribution in [2.24, 2.45) is 11.1 Å². The lowest BCUT2D eigenvalue weighted by Gasteiger charge is -2.30. The van der Waals surface area contributed by atoms with Crippen molar-refractivity contribution in [3.63, 3.8) is 0 Å². The Morgan fingerprint density at radius 3 is 2.31 bits per heavy atom. The van der Waals surface area contributed by atoms with E-state index in [1.54, 1.807) is 0 Å². The Morgan fingerprint density at radius 1 is 1.46 bits per heavy atom. The van der Waals surface area contributed by atoms with E-state index in [1.807, 2.05) is 0 Å². The third-order valence-electron chi connectivity index (χ3n) is 2.38. The smallest absolute Gasteiger partial charge is 0.311 e. The van der Waals surface area contributed by atoms with Gasteiger partial charge in [0.15, 0.2) is 0 Å². The summed E-state index contributed by atoms with van der Waals surface area (Å²) < 4.78 is 0. The lowest BCUT2D eigenvalue weighted by molar-refractivity contribution is -0.150. The molecule has 0 aliphatic carbocycles. The van der Waals surface area contributed by atoms with E-state index in [-0.39, 0.29) is 26.1 Å². The molecule has 0 aliphatic rings. The van der Waals surface area contributed by atoms with E-state index in [1.165, 1.54) is 6.92 Å². The summed E-state index contributed by atoms with van der Waals surface area (Å²) in [4.78, 5) is 10.9. The second-order valence-corrected chi connectivity index (χ2v) is 3.32. The van der Waals surface area contributed by atoms with Gasteiger partial charge in [-0.1, -0.05) is 0 Å². The summed E-state index contributed by atoms with van der Waals surface area (Å²) in [5.74, 6) is -1.04. The predicted molar refractivity (Wildman–Crippen MR) is 47.1 cm³/mol. The van der Waals surface area contributed by atoms with Crippen molar-refractivity contribution in [1.82, 2.24) is 0 Å². The van der Waals surface area contributed by atoms with Crippen LogP contribution in [0.1, 0.15) is 19.8 Å². The molecule has 0 bridgehead atoms. The largest absolute Gasteiger partial charge is 0.481 e. The zero-order chi connectivity index (χ0) is 10.5. The molecule has 0 amide bonds. The van der Waals surface area contributed by atoms with Gasteiger partial charge in [-0.25, -0.2) is 0 Å². The highest BCUT2D eigenvalue weighted by molar-refractivity contribution is 5.75. The van der Waals surface area contributed by atoms with Gasteiger partial charge >= 0.3 is 5.97 Å². The number of hydrogen-bond acceptors (Lipinski definition) is 4. The Bertz CT molecular complexity index is 174. The summed E-state index contributed by atoms with van der Waals surface area (Å²) in [5.41, 5.74) is 4.44. The quantitative estimate of drug-likeness (QED) is 0.438. The fraction of sp³-hybridized carbons (Fsp3) is 0.875. The molecular weight excluding hydrogens is 174 g/mol. The van der Waals surface area contributed by atoms with Crippen molar-refractivity contribution in [3.8, 4) is 0 Å². The van der Waals surface area contributed by atoms with E-state index >= 15 is 0 Å². The summed E-state index contributed by atoms with van der Waals surface area (Å²) in [6, 6.07) is -0.637. The Hall–Kier alpha value is -0.650. The van der Waals surface area contributed by atoms with Gasteiger partial charge in [-0.3, -0.25) is 4.79 Å². The van der Waals surface area contributed by atoms with Crippen molar-refractivity contribution < 1.29 is 20.1 Å². The molecule has 0 heterocycles. The first-order chi connectivity index (χ1) is 5.99. The van der Waals surface area contributed by atoms with Crippen LogP contribution in [0, 0.1) is 5.41 Å². The molecule has 0 fully saturated rings. The standard InChI is InChI=1S/C8H17NO4/c1-8(3-5-11,7(12)13)6(9)2-4-10/h6,10-11H,2-5,9H2,1H3,(H,12,13). The first-order valence-electron chi connectivity index (χ1n) is 4.19. The Kier molecular flexibility index (Phi) is 4.90. The van der Waals surface area contributed by atoms with Crippen molar-refractivity contribution in [2.45, 2.75) is 25.8 Å². The molecule has 0 radical (unpaired) electrons. The van der Waals surface area contributed by atoms with Crippen LogP contribution in [-0.4, -0.2) is 40.5 Å². The lowest BCUT2D eigenvalue weighted by Crippen LogP contribution is -2.46. The number of rotatable bonds is 6. The molecule has 0 aliphatic heterocycles. The van der Waals surface area contributed by atoms with Crippen molar-refractivity contribution in [3.05, 3.63) is 0 Å². The summed E-state index contributed by atoms with van der Waals surface area (Å²) in [7, 11) is 0. The number of nitrogens with two attached hydrogens (primary N) is 1. The predicted octanol–water partition coefficient (Wildman–Crippen LogP) is -0.831. The molecular formula is C8H17NO4. The van der Waals surface area contributed by atoms with Gasteiger partial charge in [-0.15, -0.1) is 0 Å². The van der Waals surface area contributed by atoms with Crippen LogP contribution in [0.25, 0.3) is 0 Å². The molecule has 0 aromatic carbocycles. The van der Waals surface area contributed by atoms with Crippen molar-refractivity contribution in [1.29, 1.82) is 0 Å². The normalized spacial score (nSPS) is 17.8. The fourth-order valence-electron chi connectivity index (χ4n) is 1.14. The first-order valence-corrected chi connectivity index (χ1v) is 4.19. The van der Waals surface area contributed by atoms with Crippen LogP contribution in [0.2, 0.25) is 0 Å². The van der Waals surface area contributed by atoms with Crippen LogP contribution in [-0.2, 0) is 4.79 Å². The average molecular weight is 191 g/mol.